The highest BCUT2D eigenvalue weighted by Gasteiger charge is 2.51. The van der Waals surface area contributed by atoms with Gasteiger partial charge in [0.2, 0.25) is 0 Å². The molecule has 2 atom stereocenters. The van der Waals surface area contributed by atoms with Crippen LogP contribution in [-0.4, -0.2) is 16.2 Å². The van der Waals surface area contributed by atoms with Gasteiger partial charge in [0.1, 0.15) is 5.60 Å². The van der Waals surface area contributed by atoms with Crippen molar-refractivity contribution in [1.82, 2.24) is 9.55 Å². The summed E-state index contributed by atoms with van der Waals surface area (Å²) in [6, 6.07) is 13.4. The molecule has 3 nitrogen and oxygen atoms in total. The zero-order valence-corrected chi connectivity index (χ0v) is 15.5. The second-order valence-electron chi connectivity index (χ2n) is 6.16. The second kappa shape index (κ2) is 6.65. The molecule has 1 aliphatic heterocycles. The summed E-state index contributed by atoms with van der Waals surface area (Å²) in [5.74, 6) is 0.112. The van der Waals surface area contributed by atoms with E-state index in [0.29, 0.717) is 28.2 Å². The van der Waals surface area contributed by atoms with Crippen LogP contribution in [0.2, 0.25) is 15.1 Å². The Bertz CT molecular complexity index is 880. The van der Waals surface area contributed by atoms with E-state index in [4.69, 9.17) is 39.5 Å². The van der Waals surface area contributed by atoms with E-state index in [1.807, 2.05) is 47.2 Å². The molecule has 0 aliphatic carbocycles. The van der Waals surface area contributed by atoms with Crippen LogP contribution in [0, 0.1) is 0 Å². The quantitative estimate of drug-likeness (QED) is 0.581. The van der Waals surface area contributed by atoms with Gasteiger partial charge < -0.3 is 9.30 Å². The van der Waals surface area contributed by atoms with E-state index in [1.54, 1.807) is 18.6 Å². The van der Waals surface area contributed by atoms with Crippen molar-refractivity contribution in [2.24, 2.45) is 0 Å². The molecule has 2 aromatic carbocycles. The summed E-state index contributed by atoms with van der Waals surface area (Å²) in [7, 11) is 0. The Balaban J connectivity index is 1.79. The lowest BCUT2D eigenvalue weighted by atomic mass is 9.73. The lowest BCUT2D eigenvalue weighted by Crippen LogP contribution is -2.52. The van der Waals surface area contributed by atoms with Crippen LogP contribution in [0.25, 0.3) is 0 Å². The smallest absolute Gasteiger partial charge is 0.120 e. The van der Waals surface area contributed by atoms with Crippen LogP contribution in [-0.2, 0) is 16.9 Å². The van der Waals surface area contributed by atoms with Crippen molar-refractivity contribution in [3.63, 3.8) is 0 Å². The van der Waals surface area contributed by atoms with E-state index in [2.05, 4.69) is 4.98 Å². The van der Waals surface area contributed by atoms with Gasteiger partial charge >= 0.3 is 0 Å². The van der Waals surface area contributed by atoms with Gasteiger partial charge in [-0.25, -0.2) is 4.98 Å². The zero-order valence-electron chi connectivity index (χ0n) is 13.2. The van der Waals surface area contributed by atoms with E-state index in [9.17, 15) is 0 Å². The Hall–Kier alpha value is -1.52. The van der Waals surface area contributed by atoms with Crippen molar-refractivity contribution >= 4 is 34.8 Å². The molecule has 3 aromatic rings. The Morgan fingerprint density at radius 3 is 2.44 bits per heavy atom. The van der Waals surface area contributed by atoms with Crippen LogP contribution in [0.3, 0.4) is 0 Å². The summed E-state index contributed by atoms with van der Waals surface area (Å²) < 4.78 is 8.21. The SMILES string of the molecule is Clc1ccc(C2(Cn3ccnc3)OCC2c2ccc(Cl)cc2Cl)cc1. The van der Waals surface area contributed by atoms with Crippen molar-refractivity contribution in [2.75, 3.05) is 6.61 Å². The number of nitrogens with zero attached hydrogens (tertiary/aromatic N) is 2. The van der Waals surface area contributed by atoms with E-state index in [0.717, 1.165) is 11.1 Å². The van der Waals surface area contributed by atoms with Gasteiger partial charge in [-0.1, -0.05) is 53.0 Å². The van der Waals surface area contributed by atoms with Crippen molar-refractivity contribution in [3.8, 4) is 0 Å². The fourth-order valence-corrected chi connectivity index (χ4v) is 4.07. The summed E-state index contributed by atoms with van der Waals surface area (Å²) >= 11 is 18.6. The Morgan fingerprint density at radius 1 is 1.08 bits per heavy atom. The van der Waals surface area contributed by atoms with E-state index in [-0.39, 0.29) is 5.92 Å². The summed E-state index contributed by atoms with van der Waals surface area (Å²) in [5, 5.41) is 1.98. The van der Waals surface area contributed by atoms with Crippen molar-refractivity contribution in [2.45, 2.75) is 18.1 Å². The molecule has 2 heterocycles. The average Bonchev–Trinajstić information content (AvgIpc) is 3.08. The molecule has 1 aromatic heterocycles. The molecule has 0 bridgehead atoms. The molecule has 1 fully saturated rings. The fourth-order valence-electron chi connectivity index (χ4n) is 3.41. The minimum atomic E-state index is -0.525. The number of benzene rings is 2. The predicted octanol–water partition coefficient (Wildman–Crippen LogP) is 5.55. The molecule has 0 saturated carbocycles. The first-order valence-corrected chi connectivity index (χ1v) is 9.02. The van der Waals surface area contributed by atoms with Gasteiger partial charge in [-0.05, 0) is 35.4 Å². The molecular formula is C19H15Cl3N2O. The molecule has 4 rings (SSSR count). The van der Waals surface area contributed by atoms with Crippen LogP contribution in [0.15, 0.2) is 61.2 Å². The van der Waals surface area contributed by atoms with Gasteiger partial charge in [0, 0.05) is 33.4 Å². The lowest BCUT2D eigenvalue weighted by molar-refractivity contribution is -0.187. The minimum absolute atomic E-state index is 0.112. The third-order valence-corrected chi connectivity index (χ3v) is 5.53. The monoisotopic (exact) mass is 392 g/mol. The Kier molecular flexibility index (Phi) is 4.50. The summed E-state index contributed by atoms with van der Waals surface area (Å²) in [5.41, 5.74) is 1.57. The molecule has 6 heteroatoms. The Morgan fingerprint density at radius 2 is 1.84 bits per heavy atom. The molecule has 0 spiro atoms. The van der Waals surface area contributed by atoms with Gasteiger partial charge in [0.05, 0.1) is 19.5 Å². The van der Waals surface area contributed by atoms with Crippen molar-refractivity contribution < 1.29 is 4.74 Å². The standard InChI is InChI=1S/C19H15Cl3N2O/c20-14-3-1-13(2-4-14)19(11-24-8-7-23-12-24)17(10-25-19)16-6-5-15(21)9-18(16)22/h1-9,12,17H,10-11H2. The zero-order chi connectivity index (χ0) is 17.4. The highest BCUT2D eigenvalue weighted by molar-refractivity contribution is 6.35. The summed E-state index contributed by atoms with van der Waals surface area (Å²) in [6.07, 6.45) is 5.48. The fraction of sp³-hybridized carbons (Fsp3) is 0.211. The van der Waals surface area contributed by atoms with Crippen LogP contribution >= 0.6 is 34.8 Å². The third-order valence-electron chi connectivity index (χ3n) is 4.72. The lowest BCUT2D eigenvalue weighted by Gasteiger charge is -2.50. The third kappa shape index (κ3) is 3.06. The van der Waals surface area contributed by atoms with Gasteiger partial charge in [-0.2, -0.15) is 0 Å². The first-order chi connectivity index (χ1) is 12.1. The maximum atomic E-state index is 6.48. The van der Waals surface area contributed by atoms with Gasteiger partial charge in [-0.3, -0.25) is 0 Å². The summed E-state index contributed by atoms with van der Waals surface area (Å²) in [4.78, 5) is 4.14. The average molecular weight is 394 g/mol. The molecule has 25 heavy (non-hydrogen) atoms. The largest absolute Gasteiger partial charge is 0.367 e. The number of ether oxygens (including phenoxy) is 1. The van der Waals surface area contributed by atoms with Crippen molar-refractivity contribution in [1.29, 1.82) is 0 Å². The molecule has 1 aliphatic rings. The molecular weight excluding hydrogens is 379 g/mol. The maximum absolute atomic E-state index is 6.48. The second-order valence-corrected chi connectivity index (χ2v) is 7.44. The molecule has 0 radical (unpaired) electrons. The highest BCUT2D eigenvalue weighted by atomic mass is 35.5. The Labute approximate surface area is 161 Å². The summed E-state index contributed by atoms with van der Waals surface area (Å²) in [6.45, 7) is 1.23. The van der Waals surface area contributed by atoms with Crippen LogP contribution in [0.1, 0.15) is 17.0 Å². The molecule has 1 saturated heterocycles. The molecule has 128 valence electrons. The van der Waals surface area contributed by atoms with E-state index in [1.165, 1.54) is 0 Å². The highest BCUT2D eigenvalue weighted by Crippen LogP contribution is 2.51. The minimum Gasteiger partial charge on any atom is -0.367 e. The number of rotatable bonds is 4. The van der Waals surface area contributed by atoms with Gasteiger partial charge in [0.25, 0.3) is 0 Å². The maximum Gasteiger partial charge on any atom is 0.120 e. The van der Waals surface area contributed by atoms with Crippen LogP contribution < -0.4 is 0 Å². The molecule has 0 amide bonds. The number of hydrogen-bond donors (Lipinski definition) is 0. The van der Waals surface area contributed by atoms with E-state index >= 15 is 0 Å². The normalized spacial score (nSPS) is 22.6. The number of aromatic nitrogens is 2. The topological polar surface area (TPSA) is 27.1 Å². The van der Waals surface area contributed by atoms with Crippen LogP contribution in [0.5, 0.6) is 0 Å². The first-order valence-electron chi connectivity index (χ1n) is 7.89. The first kappa shape index (κ1) is 16.9. The number of halogens is 3. The predicted molar refractivity (Wildman–Crippen MR) is 101 cm³/mol. The van der Waals surface area contributed by atoms with Gasteiger partial charge in [0.15, 0.2) is 0 Å². The van der Waals surface area contributed by atoms with Crippen molar-refractivity contribution in [3.05, 3.63) is 87.4 Å². The molecule has 2 unspecified atom stereocenters. The van der Waals surface area contributed by atoms with E-state index < -0.39 is 5.60 Å². The van der Waals surface area contributed by atoms with Crippen LogP contribution in [0.4, 0.5) is 0 Å². The molecule has 0 N–H and O–H groups in total. The van der Waals surface area contributed by atoms with Gasteiger partial charge in [-0.15, -0.1) is 0 Å². The number of hydrogen-bond acceptors (Lipinski definition) is 2. The number of imidazole rings is 1.